The van der Waals surface area contributed by atoms with Crippen LogP contribution in [0.3, 0.4) is 0 Å². The molecule has 0 heterocycles. The molecule has 0 rings (SSSR count). The molecule has 0 saturated heterocycles. The van der Waals surface area contributed by atoms with Crippen molar-refractivity contribution in [2.24, 2.45) is 0 Å². The molecule has 4 radical (unpaired) electrons. The number of rotatable bonds is 0. The van der Waals surface area contributed by atoms with Crippen molar-refractivity contribution in [1.82, 2.24) is 0 Å². The van der Waals surface area contributed by atoms with Gasteiger partial charge in [-0.3, -0.25) is 0 Å². The molecule has 16 nitrogen and oxygen atoms in total. The minimum Gasteiger partial charge on any atom is -0.328 e. The van der Waals surface area contributed by atoms with Crippen molar-refractivity contribution in [2.75, 3.05) is 0 Å². The van der Waals surface area contributed by atoms with Crippen molar-refractivity contribution in [1.29, 1.82) is 0 Å². The fourth-order valence-corrected chi connectivity index (χ4v) is 0. The van der Waals surface area contributed by atoms with Gasteiger partial charge in [0.2, 0.25) is 0 Å². The van der Waals surface area contributed by atoms with Crippen LogP contribution < -0.4 is 0 Å². The zero-order valence-electron chi connectivity index (χ0n) is 7.34. The van der Waals surface area contributed by atoms with Gasteiger partial charge in [-0.25, -0.2) is 0 Å². The van der Waals surface area contributed by atoms with E-state index in [1.807, 2.05) is 0 Å². The van der Waals surface area contributed by atoms with Crippen LogP contribution in [0, 0.1) is 40.5 Å². The van der Waals surface area contributed by atoms with E-state index >= 15 is 0 Å². The summed E-state index contributed by atoms with van der Waals surface area (Å²) in [5, 5.41) is 54.6. The van der Waals surface area contributed by atoms with E-state index in [2.05, 4.69) is 0 Å². The smallest absolute Gasteiger partial charge is 0.291 e. The van der Waals surface area contributed by atoms with Crippen LogP contribution in [-0.4, -0.2) is 68.5 Å². The van der Waals surface area contributed by atoms with Crippen LogP contribution in [0.1, 0.15) is 0 Å². The molecule has 0 aliphatic carbocycles. The average molecular weight is 459 g/mol. The minimum atomic E-state index is -1.50. The molecule has 0 fully saturated rings. The number of nitrogens with zero attached hydrogens (tertiary/aromatic N) is 4. The Labute approximate surface area is 109 Å². The van der Waals surface area contributed by atoms with Gasteiger partial charge < -0.3 is 20.8 Å². The van der Waals surface area contributed by atoms with E-state index in [1.165, 1.54) is 0 Å². The molecule has 17 heavy (non-hydrogen) atoms. The van der Waals surface area contributed by atoms with Gasteiger partial charge in [-0.15, -0.1) is 40.5 Å². The second-order valence-corrected chi connectivity index (χ2v) is 0.951. The van der Waals surface area contributed by atoms with E-state index < -0.39 is 20.3 Å². The molecule has 0 spiro atoms. The molecule has 100 valence electrons. The Balaban J connectivity index is -0.0000000369. The van der Waals surface area contributed by atoms with E-state index in [-0.39, 0.29) is 27.3 Å². The second kappa shape index (κ2) is 23.5. The van der Waals surface area contributed by atoms with Gasteiger partial charge in [0.15, 0.2) is 0 Å². The molecule has 17 heteroatoms. The fourth-order valence-electron chi connectivity index (χ4n) is 0. The second-order valence-electron chi connectivity index (χ2n) is 0.951. The van der Waals surface area contributed by atoms with E-state index in [9.17, 15) is 0 Å². The van der Waals surface area contributed by atoms with Gasteiger partial charge in [0, 0.05) is 27.3 Å². The van der Waals surface area contributed by atoms with E-state index in [0.717, 1.165) is 0 Å². The van der Waals surface area contributed by atoms with Gasteiger partial charge in [-0.2, -0.15) is 0 Å². The van der Waals surface area contributed by atoms with Crippen molar-refractivity contribution in [2.45, 2.75) is 0 Å². The summed E-state index contributed by atoms with van der Waals surface area (Å²) in [7, 11) is 0. The van der Waals surface area contributed by atoms with Gasteiger partial charge in [-0.05, 0) is 0 Å². The summed E-state index contributed by atoms with van der Waals surface area (Å²) in [6.07, 6.45) is 0. The third kappa shape index (κ3) is 363. The third-order valence-corrected chi connectivity index (χ3v) is 0. The standard InChI is InChI=1S/4HNO3.Pb/c4*2-1(3)4;/h4*(H,2,3,4);. The first-order valence-electron chi connectivity index (χ1n) is 2.26. The van der Waals surface area contributed by atoms with Crippen molar-refractivity contribution in [3.05, 3.63) is 40.5 Å². The van der Waals surface area contributed by atoms with Gasteiger partial charge in [-0.1, -0.05) is 0 Å². The molecule has 0 aromatic rings. The summed E-state index contributed by atoms with van der Waals surface area (Å²) < 4.78 is 0. The van der Waals surface area contributed by atoms with E-state index in [0.29, 0.717) is 0 Å². The maximum atomic E-state index is 8.36. The predicted molar refractivity (Wildman–Crippen MR) is 40.9 cm³/mol. The Morgan fingerprint density at radius 1 is 0.529 bits per heavy atom. The van der Waals surface area contributed by atoms with Gasteiger partial charge in [0.25, 0.3) is 20.3 Å². The number of hydrogen-bond acceptors (Lipinski definition) is 8. The molecule has 0 aliphatic heterocycles. The van der Waals surface area contributed by atoms with Crippen LogP contribution in [0.2, 0.25) is 0 Å². The minimum absolute atomic E-state index is 0. The molecule has 0 unspecified atom stereocenters. The van der Waals surface area contributed by atoms with Gasteiger partial charge in [0.1, 0.15) is 0 Å². The van der Waals surface area contributed by atoms with Gasteiger partial charge in [0.05, 0.1) is 0 Å². The molecule has 0 aromatic carbocycles. The van der Waals surface area contributed by atoms with E-state index in [4.69, 9.17) is 61.3 Å². The zero-order chi connectivity index (χ0) is 14.3. The first-order valence-corrected chi connectivity index (χ1v) is 2.26. The molecule has 0 bridgehead atoms. The zero-order valence-corrected chi connectivity index (χ0v) is 11.2. The maximum Gasteiger partial charge on any atom is 0.291 e. The molecular weight excluding hydrogens is 455 g/mol. The van der Waals surface area contributed by atoms with Crippen LogP contribution in [0.4, 0.5) is 0 Å². The Bertz CT molecular complexity index is 159. The van der Waals surface area contributed by atoms with Crippen LogP contribution in [0.15, 0.2) is 0 Å². The summed E-state index contributed by atoms with van der Waals surface area (Å²) >= 11 is 0. The third-order valence-electron chi connectivity index (χ3n) is 0. The average Bonchev–Trinajstić information content (AvgIpc) is 1.76. The first-order chi connectivity index (χ1) is 6.93. The van der Waals surface area contributed by atoms with Crippen molar-refractivity contribution < 1.29 is 41.2 Å². The normalized spacial score (nSPS) is 5.65. The summed E-state index contributed by atoms with van der Waals surface area (Å²) in [6, 6.07) is 0. The molecule has 4 N–H and O–H groups in total. The molecule has 0 aromatic heterocycles. The molecule has 0 atom stereocenters. The van der Waals surface area contributed by atoms with Gasteiger partial charge >= 0.3 is 0 Å². The monoisotopic (exact) mass is 460 g/mol. The molecular formula is H4N4O12Pb. The number of hydrogen-bond donors (Lipinski definition) is 4. The Kier molecular flexibility index (Phi) is 40.5. The Morgan fingerprint density at radius 3 is 0.529 bits per heavy atom. The summed E-state index contributed by atoms with van der Waals surface area (Å²) in [6.45, 7) is 0. The molecule has 0 saturated carbocycles. The van der Waals surface area contributed by atoms with Crippen molar-refractivity contribution in [3.8, 4) is 0 Å². The van der Waals surface area contributed by atoms with Crippen LogP contribution >= 0.6 is 0 Å². The van der Waals surface area contributed by atoms with Crippen LogP contribution in [-0.2, 0) is 0 Å². The molecule has 0 amide bonds. The molecule has 0 aliphatic rings. The topological polar surface area (TPSA) is 253 Å². The summed E-state index contributed by atoms with van der Waals surface area (Å²) in [4.78, 5) is 33.4. The first kappa shape index (κ1) is 29.3. The predicted octanol–water partition coefficient (Wildman–Crippen LogP) is -1.77. The SMILES string of the molecule is O=[N+]([O-])O.O=[N+]([O-])O.O=[N+]([O-])O.O=[N+]([O-])O.[Pb]. The summed E-state index contributed by atoms with van der Waals surface area (Å²) in [5.41, 5.74) is 0. The van der Waals surface area contributed by atoms with E-state index in [1.54, 1.807) is 0 Å². The maximum absolute atomic E-state index is 8.36. The fraction of sp³-hybridized carbons (Fsp3) is 0. The van der Waals surface area contributed by atoms with Crippen LogP contribution in [0.25, 0.3) is 0 Å². The van der Waals surface area contributed by atoms with Crippen molar-refractivity contribution in [3.63, 3.8) is 0 Å². The van der Waals surface area contributed by atoms with Crippen LogP contribution in [0.5, 0.6) is 0 Å². The quantitative estimate of drug-likeness (QED) is 0.178. The Hall–Kier alpha value is -2.28. The summed E-state index contributed by atoms with van der Waals surface area (Å²) in [5.74, 6) is 0. The van der Waals surface area contributed by atoms with Crippen molar-refractivity contribution >= 4 is 27.3 Å². The largest absolute Gasteiger partial charge is 0.328 e. The Morgan fingerprint density at radius 2 is 0.529 bits per heavy atom.